The molecule has 3 nitrogen and oxygen atoms in total. The number of rotatable bonds is 2. The molecule has 16 heavy (non-hydrogen) atoms. The standard InChI is InChI=1S/C11H9BrClN3/c12-9-5-15-6-10(14)11(9)16-8-3-1-2-7(13)4-8/h1-6H,14H2,(H,15,16). The second kappa shape index (κ2) is 4.72. The molecule has 2 rings (SSSR count). The quantitative estimate of drug-likeness (QED) is 0.886. The normalized spacial score (nSPS) is 10.1. The van der Waals surface area contributed by atoms with E-state index in [-0.39, 0.29) is 0 Å². The van der Waals surface area contributed by atoms with Crippen LogP contribution in [-0.2, 0) is 0 Å². The second-order valence-corrected chi connectivity index (χ2v) is 4.51. The summed E-state index contributed by atoms with van der Waals surface area (Å²) >= 11 is 9.28. The number of nitrogens with one attached hydrogen (secondary N) is 1. The van der Waals surface area contributed by atoms with Gasteiger partial charge in [-0.1, -0.05) is 17.7 Å². The van der Waals surface area contributed by atoms with Crippen LogP contribution in [0.5, 0.6) is 0 Å². The molecule has 0 atom stereocenters. The molecule has 3 N–H and O–H groups in total. The Morgan fingerprint density at radius 2 is 2.12 bits per heavy atom. The lowest BCUT2D eigenvalue weighted by Crippen LogP contribution is -1.98. The SMILES string of the molecule is Nc1cncc(Br)c1Nc1cccc(Cl)c1. The van der Waals surface area contributed by atoms with Crippen molar-refractivity contribution in [3.8, 4) is 0 Å². The van der Waals surface area contributed by atoms with E-state index in [9.17, 15) is 0 Å². The molecule has 0 aliphatic heterocycles. The van der Waals surface area contributed by atoms with E-state index in [4.69, 9.17) is 17.3 Å². The number of benzene rings is 1. The zero-order chi connectivity index (χ0) is 11.5. The lowest BCUT2D eigenvalue weighted by Gasteiger charge is -2.10. The van der Waals surface area contributed by atoms with Crippen LogP contribution in [0.2, 0.25) is 5.02 Å². The molecule has 1 heterocycles. The molecule has 82 valence electrons. The third-order valence-corrected chi connectivity index (χ3v) is 2.86. The summed E-state index contributed by atoms with van der Waals surface area (Å²) in [5.74, 6) is 0. The van der Waals surface area contributed by atoms with Crippen LogP contribution >= 0.6 is 27.5 Å². The number of nitrogens with two attached hydrogens (primary N) is 1. The van der Waals surface area contributed by atoms with Crippen LogP contribution in [0.4, 0.5) is 17.1 Å². The first-order chi connectivity index (χ1) is 7.66. The number of anilines is 3. The van der Waals surface area contributed by atoms with Crippen molar-refractivity contribution in [1.82, 2.24) is 4.98 Å². The number of aromatic nitrogens is 1. The Morgan fingerprint density at radius 3 is 2.81 bits per heavy atom. The summed E-state index contributed by atoms with van der Waals surface area (Å²) in [6.45, 7) is 0. The van der Waals surface area contributed by atoms with Crippen LogP contribution in [0, 0.1) is 0 Å². The smallest absolute Gasteiger partial charge is 0.0794 e. The molecule has 0 bridgehead atoms. The average molecular weight is 299 g/mol. The van der Waals surface area contributed by atoms with Crippen molar-refractivity contribution < 1.29 is 0 Å². The second-order valence-electron chi connectivity index (χ2n) is 3.22. The van der Waals surface area contributed by atoms with E-state index < -0.39 is 0 Å². The van der Waals surface area contributed by atoms with E-state index in [0.717, 1.165) is 15.8 Å². The minimum atomic E-state index is 0.578. The Kier molecular flexibility index (Phi) is 3.31. The van der Waals surface area contributed by atoms with Gasteiger partial charge in [0.25, 0.3) is 0 Å². The molecule has 2 aromatic rings. The number of hydrogen-bond donors (Lipinski definition) is 2. The maximum absolute atomic E-state index is 5.90. The fourth-order valence-corrected chi connectivity index (χ4v) is 1.93. The van der Waals surface area contributed by atoms with Gasteiger partial charge >= 0.3 is 0 Å². The predicted octanol–water partition coefficient (Wildman–Crippen LogP) is 3.82. The third-order valence-electron chi connectivity index (χ3n) is 2.02. The first-order valence-corrected chi connectivity index (χ1v) is 5.75. The van der Waals surface area contributed by atoms with Gasteiger partial charge in [0.1, 0.15) is 0 Å². The minimum absolute atomic E-state index is 0.578. The van der Waals surface area contributed by atoms with E-state index in [1.165, 1.54) is 0 Å². The summed E-state index contributed by atoms with van der Waals surface area (Å²) < 4.78 is 0.812. The van der Waals surface area contributed by atoms with Gasteiger partial charge in [-0.05, 0) is 34.1 Å². The highest BCUT2D eigenvalue weighted by Gasteiger charge is 2.04. The summed E-state index contributed by atoms with van der Waals surface area (Å²) in [5, 5.41) is 3.86. The monoisotopic (exact) mass is 297 g/mol. The fraction of sp³-hybridized carbons (Fsp3) is 0. The first kappa shape index (κ1) is 11.2. The Labute approximate surface area is 107 Å². The van der Waals surface area contributed by atoms with Crippen LogP contribution < -0.4 is 11.1 Å². The van der Waals surface area contributed by atoms with Gasteiger partial charge in [-0.2, -0.15) is 0 Å². The highest BCUT2D eigenvalue weighted by Crippen LogP contribution is 2.30. The summed E-state index contributed by atoms with van der Waals surface area (Å²) in [6.07, 6.45) is 3.28. The molecule has 0 saturated heterocycles. The van der Waals surface area contributed by atoms with Crippen molar-refractivity contribution in [2.45, 2.75) is 0 Å². The van der Waals surface area contributed by atoms with Gasteiger partial charge in [-0.25, -0.2) is 0 Å². The van der Waals surface area contributed by atoms with Gasteiger partial charge in [0.2, 0.25) is 0 Å². The van der Waals surface area contributed by atoms with E-state index >= 15 is 0 Å². The fourth-order valence-electron chi connectivity index (χ4n) is 1.29. The number of nitrogen functional groups attached to an aromatic ring is 1. The van der Waals surface area contributed by atoms with Crippen LogP contribution in [0.3, 0.4) is 0 Å². The van der Waals surface area contributed by atoms with Crippen molar-refractivity contribution in [3.05, 3.63) is 46.2 Å². The molecular formula is C11H9BrClN3. The summed E-state index contributed by atoms with van der Waals surface area (Å²) in [4.78, 5) is 3.97. The van der Waals surface area contributed by atoms with Crippen LogP contribution in [0.15, 0.2) is 41.1 Å². The van der Waals surface area contributed by atoms with E-state index in [2.05, 4.69) is 26.2 Å². The van der Waals surface area contributed by atoms with Gasteiger partial charge in [0.15, 0.2) is 0 Å². The first-order valence-electron chi connectivity index (χ1n) is 4.58. The lowest BCUT2D eigenvalue weighted by molar-refractivity contribution is 1.31. The van der Waals surface area contributed by atoms with E-state index in [0.29, 0.717) is 10.7 Å². The van der Waals surface area contributed by atoms with Gasteiger partial charge in [0.05, 0.1) is 22.0 Å². The van der Waals surface area contributed by atoms with Crippen LogP contribution in [-0.4, -0.2) is 4.98 Å². The summed E-state index contributed by atoms with van der Waals surface area (Å²) in [6, 6.07) is 7.43. The molecule has 0 saturated carbocycles. The molecule has 0 radical (unpaired) electrons. The topological polar surface area (TPSA) is 50.9 Å². The molecule has 5 heteroatoms. The third kappa shape index (κ3) is 2.46. The summed E-state index contributed by atoms with van der Waals surface area (Å²) in [7, 11) is 0. The zero-order valence-electron chi connectivity index (χ0n) is 8.24. The van der Waals surface area contributed by atoms with Crippen molar-refractivity contribution in [2.75, 3.05) is 11.1 Å². The number of nitrogens with zero attached hydrogens (tertiary/aromatic N) is 1. The van der Waals surface area contributed by atoms with Gasteiger partial charge in [-0.3, -0.25) is 4.98 Å². The Hall–Kier alpha value is -1.26. The molecule has 1 aromatic carbocycles. The summed E-state index contributed by atoms with van der Waals surface area (Å²) in [5.41, 5.74) is 8.07. The van der Waals surface area contributed by atoms with Crippen molar-refractivity contribution in [1.29, 1.82) is 0 Å². The Balaban J connectivity index is 2.34. The Bertz CT molecular complexity index is 496. The molecule has 0 amide bonds. The molecule has 0 fully saturated rings. The van der Waals surface area contributed by atoms with E-state index in [1.54, 1.807) is 12.4 Å². The molecule has 0 unspecified atom stereocenters. The minimum Gasteiger partial charge on any atom is -0.396 e. The average Bonchev–Trinajstić information content (AvgIpc) is 2.24. The Morgan fingerprint density at radius 1 is 1.31 bits per heavy atom. The highest BCUT2D eigenvalue weighted by atomic mass is 79.9. The van der Waals surface area contributed by atoms with Gasteiger partial charge in [-0.15, -0.1) is 0 Å². The van der Waals surface area contributed by atoms with Crippen molar-refractivity contribution in [2.24, 2.45) is 0 Å². The predicted molar refractivity (Wildman–Crippen MR) is 71.1 cm³/mol. The molecule has 0 aliphatic carbocycles. The number of hydrogen-bond acceptors (Lipinski definition) is 3. The van der Waals surface area contributed by atoms with Crippen molar-refractivity contribution >= 4 is 44.6 Å². The van der Waals surface area contributed by atoms with Crippen molar-refractivity contribution in [3.63, 3.8) is 0 Å². The zero-order valence-corrected chi connectivity index (χ0v) is 10.6. The van der Waals surface area contributed by atoms with Gasteiger partial charge < -0.3 is 11.1 Å². The maximum atomic E-state index is 5.90. The molecule has 0 aliphatic rings. The van der Waals surface area contributed by atoms with Gasteiger partial charge in [0, 0.05) is 16.9 Å². The van der Waals surface area contributed by atoms with E-state index in [1.807, 2.05) is 24.3 Å². The highest BCUT2D eigenvalue weighted by molar-refractivity contribution is 9.10. The molecule has 0 spiro atoms. The number of halogens is 2. The lowest BCUT2D eigenvalue weighted by atomic mass is 10.3. The van der Waals surface area contributed by atoms with Crippen LogP contribution in [0.1, 0.15) is 0 Å². The van der Waals surface area contributed by atoms with Crippen LogP contribution in [0.25, 0.3) is 0 Å². The molecule has 1 aromatic heterocycles. The maximum Gasteiger partial charge on any atom is 0.0794 e. The largest absolute Gasteiger partial charge is 0.396 e. The number of pyridine rings is 1. The molecular weight excluding hydrogens is 289 g/mol.